The lowest BCUT2D eigenvalue weighted by atomic mass is 10.2. The molecular formula is C14H9FN6. The van der Waals surface area contributed by atoms with Crippen molar-refractivity contribution in [1.82, 2.24) is 29.4 Å². The molecule has 0 aromatic carbocycles. The van der Waals surface area contributed by atoms with Crippen LogP contribution < -0.4 is 0 Å². The Labute approximate surface area is 118 Å². The van der Waals surface area contributed by atoms with Crippen LogP contribution in [0.2, 0.25) is 0 Å². The average molecular weight is 279 g/mol. The molecule has 0 fully saturated rings. The van der Waals surface area contributed by atoms with Crippen molar-refractivity contribution in [2.24, 2.45) is 0 Å². The van der Waals surface area contributed by atoms with Gasteiger partial charge in [0.15, 0.2) is 5.82 Å². The second-order valence-electron chi connectivity index (χ2n) is 4.49. The summed E-state index contributed by atoms with van der Waals surface area (Å²) in [5.74, 6) is 0.372. The molecule has 102 valence electrons. The van der Waals surface area contributed by atoms with Gasteiger partial charge < -0.3 is 4.40 Å². The fraction of sp³-hybridized carbons (Fsp3) is 0. The molecule has 4 aromatic heterocycles. The maximum absolute atomic E-state index is 13.2. The summed E-state index contributed by atoms with van der Waals surface area (Å²) in [4.78, 5) is 8.76. The van der Waals surface area contributed by atoms with Crippen molar-refractivity contribution in [2.45, 2.75) is 0 Å². The first-order valence-electron chi connectivity index (χ1n) is 6.27. The summed E-state index contributed by atoms with van der Waals surface area (Å²) < 4.78 is 16.4. The van der Waals surface area contributed by atoms with Gasteiger partial charge in [0.1, 0.15) is 11.5 Å². The third-order valence-corrected chi connectivity index (χ3v) is 3.12. The van der Waals surface area contributed by atoms with Crippen molar-refractivity contribution in [3.8, 4) is 17.1 Å². The van der Waals surface area contributed by atoms with Crippen LogP contribution in [0.4, 0.5) is 4.39 Å². The van der Waals surface area contributed by atoms with Gasteiger partial charge in [0.05, 0.1) is 18.1 Å². The van der Waals surface area contributed by atoms with E-state index in [0.717, 1.165) is 11.3 Å². The van der Waals surface area contributed by atoms with Crippen molar-refractivity contribution in [3.63, 3.8) is 0 Å². The van der Waals surface area contributed by atoms with E-state index in [1.165, 1.54) is 12.3 Å². The Balaban J connectivity index is 1.74. The highest BCUT2D eigenvalue weighted by molar-refractivity contribution is 5.62. The van der Waals surface area contributed by atoms with Crippen LogP contribution in [-0.2, 0) is 0 Å². The van der Waals surface area contributed by atoms with E-state index in [2.05, 4.69) is 20.3 Å². The van der Waals surface area contributed by atoms with Crippen LogP contribution >= 0.6 is 0 Å². The predicted octanol–water partition coefficient (Wildman–Crippen LogP) is 2.12. The molecule has 0 aliphatic rings. The van der Waals surface area contributed by atoms with E-state index < -0.39 is 0 Å². The Morgan fingerprint density at radius 3 is 2.76 bits per heavy atom. The van der Waals surface area contributed by atoms with Crippen molar-refractivity contribution < 1.29 is 4.39 Å². The lowest BCUT2D eigenvalue weighted by molar-refractivity contribution is 0.619. The molecule has 4 heterocycles. The Kier molecular flexibility index (Phi) is 2.50. The average Bonchev–Trinajstić information content (AvgIpc) is 3.16. The highest BCUT2D eigenvalue weighted by Crippen LogP contribution is 2.19. The van der Waals surface area contributed by atoms with Crippen molar-refractivity contribution in [2.75, 3.05) is 0 Å². The van der Waals surface area contributed by atoms with Crippen LogP contribution in [0.3, 0.4) is 0 Å². The van der Waals surface area contributed by atoms with E-state index in [1.54, 1.807) is 39.9 Å². The summed E-state index contributed by atoms with van der Waals surface area (Å²) in [6.45, 7) is 0. The van der Waals surface area contributed by atoms with E-state index in [1.807, 2.05) is 12.1 Å². The number of rotatable bonds is 2. The van der Waals surface area contributed by atoms with Crippen molar-refractivity contribution in [1.29, 1.82) is 0 Å². The van der Waals surface area contributed by atoms with Gasteiger partial charge in [-0.1, -0.05) is 5.21 Å². The van der Waals surface area contributed by atoms with Gasteiger partial charge in [-0.2, -0.15) is 0 Å². The number of pyridine rings is 2. The summed E-state index contributed by atoms with van der Waals surface area (Å²) in [7, 11) is 0. The summed E-state index contributed by atoms with van der Waals surface area (Å²) >= 11 is 0. The molecular weight excluding hydrogens is 270 g/mol. The molecule has 6 nitrogen and oxygen atoms in total. The fourth-order valence-electron chi connectivity index (χ4n) is 2.11. The third-order valence-electron chi connectivity index (χ3n) is 3.12. The van der Waals surface area contributed by atoms with Crippen LogP contribution in [0.1, 0.15) is 0 Å². The Hall–Kier alpha value is -3.09. The SMILES string of the molecule is [18F]c1ccc2nc(-c3ccc(-n4ccnn4)nc3)cn2c1. The second-order valence-corrected chi connectivity index (χ2v) is 4.49. The smallest absolute Gasteiger partial charge is 0.155 e. The van der Waals surface area contributed by atoms with Gasteiger partial charge in [-0.15, -0.1) is 5.10 Å². The first-order valence-corrected chi connectivity index (χ1v) is 6.27. The van der Waals surface area contributed by atoms with Crippen LogP contribution in [-0.4, -0.2) is 29.4 Å². The summed E-state index contributed by atoms with van der Waals surface area (Å²) in [6.07, 6.45) is 8.17. The molecule has 0 unspecified atom stereocenters. The van der Waals surface area contributed by atoms with Crippen LogP contribution in [0.5, 0.6) is 0 Å². The fourth-order valence-corrected chi connectivity index (χ4v) is 2.11. The lowest BCUT2D eigenvalue weighted by Gasteiger charge is -2.00. The van der Waals surface area contributed by atoms with Gasteiger partial charge in [0.2, 0.25) is 0 Å². The number of aromatic nitrogens is 6. The zero-order valence-electron chi connectivity index (χ0n) is 10.8. The molecule has 21 heavy (non-hydrogen) atoms. The molecule has 0 spiro atoms. The standard InChI is InChI=1S/C14H9FN6/c15-11-2-4-14-18-12(9-20(14)8-11)10-1-3-13(16-7-10)21-6-5-17-19-21/h1-9H/i15-1. The number of imidazole rings is 1. The first kappa shape index (κ1) is 11.7. The molecule has 0 saturated heterocycles. The second kappa shape index (κ2) is 4.48. The minimum atomic E-state index is -0.300. The topological polar surface area (TPSA) is 60.9 Å². The third kappa shape index (κ3) is 2.04. The molecule has 0 aliphatic heterocycles. The van der Waals surface area contributed by atoms with Gasteiger partial charge in [-0.3, -0.25) is 0 Å². The molecule has 7 heteroatoms. The predicted molar refractivity (Wildman–Crippen MR) is 73.3 cm³/mol. The monoisotopic (exact) mass is 279 g/mol. The first-order chi connectivity index (χ1) is 10.3. The Bertz CT molecular complexity index is 895. The van der Waals surface area contributed by atoms with E-state index in [-0.39, 0.29) is 5.82 Å². The van der Waals surface area contributed by atoms with Gasteiger partial charge in [-0.05, 0) is 24.3 Å². The largest absolute Gasteiger partial charge is 0.304 e. The minimum Gasteiger partial charge on any atom is -0.304 e. The van der Waals surface area contributed by atoms with E-state index in [0.29, 0.717) is 11.5 Å². The maximum Gasteiger partial charge on any atom is 0.155 e. The number of halogens is 1. The Morgan fingerprint density at radius 1 is 1.05 bits per heavy atom. The van der Waals surface area contributed by atoms with Gasteiger partial charge >= 0.3 is 0 Å². The highest BCUT2D eigenvalue weighted by Gasteiger charge is 2.06. The molecule has 0 bridgehead atoms. The van der Waals surface area contributed by atoms with Crippen molar-refractivity contribution >= 4 is 5.65 Å². The van der Waals surface area contributed by atoms with E-state index in [9.17, 15) is 4.39 Å². The molecule has 0 radical (unpaired) electrons. The minimum absolute atomic E-state index is 0.300. The van der Waals surface area contributed by atoms with Gasteiger partial charge in [0.25, 0.3) is 0 Å². The lowest BCUT2D eigenvalue weighted by Crippen LogP contribution is -1.97. The number of hydrogen-bond acceptors (Lipinski definition) is 4. The molecule has 4 rings (SSSR count). The number of fused-ring (bicyclic) bond motifs is 1. The van der Waals surface area contributed by atoms with E-state index in [4.69, 9.17) is 0 Å². The number of hydrogen-bond donors (Lipinski definition) is 0. The van der Waals surface area contributed by atoms with Crippen molar-refractivity contribution in [3.05, 3.63) is 61.1 Å². The van der Waals surface area contributed by atoms with Gasteiger partial charge in [-0.25, -0.2) is 19.0 Å². The van der Waals surface area contributed by atoms with E-state index >= 15 is 0 Å². The summed E-state index contributed by atoms with van der Waals surface area (Å²) in [6, 6.07) is 6.74. The zero-order valence-corrected chi connectivity index (χ0v) is 10.8. The molecule has 0 atom stereocenters. The number of nitrogens with zero attached hydrogens (tertiary/aromatic N) is 6. The Morgan fingerprint density at radius 2 is 2.00 bits per heavy atom. The quantitative estimate of drug-likeness (QED) is 0.564. The molecule has 0 saturated carbocycles. The van der Waals surface area contributed by atoms with Crippen LogP contribution in [0.15, 0.2) is 55.2 Å². The normalized spacial score (nSPS) is 11.1. The molecule has 0 N–H and O–H groups in total. The summed E-state index contributed by atoms with van der Waals surface area (Å²) in [5.41, 5.74) is 2.27. The molecule has 4 aromatic rings. The zero-order chi connectivity index (χ0) is 14.2. The highest BCUT2D eigenvalue weighted by atomic mass is 18.2. The summed E-state index contributed by atoms with van der Waals surface area (Å²) in [5, 5.41) is 7.61. The van der Waals surface area contributed by atoms with Crippen LogP contribution in [0, 0.1) is 5.82 Å². The molecule has 0 aliphatic carbocycles. The molecule has 0 amide bonds. The van der Waals surface area contributed by atoms with Crippen LogP contribution in [0.25, 0.3) is 22.7 Å². The maximum atomic E-state index is 13.2. The van der Waals surface area contributed by atoms with Gasteiger partial charge in [0, 0.05) is 24.2 Å².